The molecule has 1 N–H and O–H groups in total. The third-order valence-corrected chi connectivity index (χ3v) is 6.37. The van der Waals surface area contributed by atoms with E-state index >= 15 is 0 Å². The number of aromatic amines is 1. The van der Waals surface area contributed by atoms with Crippen LogP contribution in [0.3, 0.4) is 0 Å². The summed E-state index contributed by atoms with van der Waals surface area (Å²) in [5.74, 6) is 1.25. The monoisotopic (exact) mass is 420 g/mol. The lowest BCUT2D eigenvalue weighted by molar-refractivity contribution is -0.132. The zero-order valence-corrected chi connectivity index (χ0v) is 18.7. The molecule has 0 saturated carbocycles. The number of benzene rings is 2. The molecule has 6 heteroatoms. The number of fused-ring (bicyclic) bond motifs is 2. The van der Waals surface area contributed by atoms with Crippen LogP contribution >= 0.6 is 0 Å². The number of methoxy groups -OCH3 is 2. The minimum atomic E-state index is -0.481. The largest absolute Gasteiger partial charge is 0.493 e. The summed E-state index contributed by atoms with van der Waals surface area (Å²) in [6, 6.07) is 9.37. The van der Waals surface area contributed by atoms with Crippen molar-refractivity contribution in [2.24, 2.45) is 0 Å². The molecule has 0 bridgehead atoms. The van der Waals surface area contributed by atoms with E-state index in [2.05, 4.69) is 11.1 Å². The molecular formula is C25H28N2O4. The van der Waals surface area contributed by atoms with E-state index in [1.54, 1.807) is 14.2 Å². The Kier molecular flexibility index (Phi) is 5.48. The second kappa shape index (κ2) is 8.10. The van der Waals surface area contributed by atoms with Gasteiger partial charge in [0.2, 0.25) is 5.91 Å². The van der Waals surface area contributed by atoms with Gasteiger partial charge in [0.25, 0.3) is 5.56 Å². The number of hydrogen-bond acceptors (Lipinski definition) is 4. The summed E-state index contributed by atoms with van der Waals surface area (Å²) >= 11 is 0. The number of amides is 1. The van der Waals surface area contributed by atoms with Gasteiger partial charge in [0, 0.05) is 18.5 Å². The fourth-order valence-corrected chi connectivity index (χ4v) is 4.50. The molecule has 6 nitrogen and oxygen atoms in total. The number of carbonyl (C=O) groups is 1. The second-order valence-corrected chi connectivity index (χ2v) is 8.02. The van der Waals surface area contributed by atoms with Crippen LogP contribution in [-0.2, 0) is 11.2 Å². The van der Waals surface area contributed by atoms with Crippen molar-refractivity contribution in [3.05, 3.63) is 68.5 Å². The molecule has 0 spiro atoms. The molecule has 1 aliphatic rings. The molecule has 0 saturated heterocycles. The van der Waals surface area contributed by atoms with E-state index < -0.39 is 6.04 Å². The molecule has 2 aromatic carbocycles. The number of nitrogens with zero attached hydrogens (tertiary/aromatic N) is 1. The molecular weight excluding hydrogens is 392 g/mol. The van der Waals surface area contributed by atoms with Gasteiger partial charge in [-0.1, -0.05) is 19.1 Å². The van der Waals surface area contributed by atoms with Crippen LogP contribution in [0.2, 0.25) is 0 Å². The first-order valence-corrected chi connectivity index (χ1v) is 10.6. The van der Waals surface area contributed by atoms with Crippen LogP contribution in [0.4, 0.5) is 0 Å². The highest BCUT2D eigenvalue weighted by atomic mass is 16.5. The number of ether oxygens (including phenoxy) is 2. The molecule has 1 aromatic heterocycles. The van der Waals surface area contributed by atoms with E-state index in [1.165, 1.54) is 0 Å². The van der Waals surface area contributed by atoms with Crippen LogP contribution in [-0.4, -0.2) is 36.6 Å². The zero-order chi connectivity index (χ0) is 22.3. The SMILES string of the molecule is CCC(=O)N1CCc2cc(OC)c(OC)cc2C1c1cc2ccc(C)c(C)c2[nH]c1=O. The summed E-state index contributed by atoms with van der Waals surface area (Å²) in [7, 11) is 3.20. The van der Waals surface area contributed by atoms with E-state index in [0.717, 1.165) is 33.2 Å². The van der Waals surface area contributed by atoms with Crippen LogP contribution in [0, 0.1) is 13.8 Å². The third kappa shape index (κ3) is 3.46. The Hall–Kier alpha value is -3.28. The van der Waals surface area contributed by atoms with Crippen LogP contribution < -0.4 is 15.0 Å². The van der Waals surface area contributed by atoms with Crippen molar-refractivity contribution in [1.82, 2.24) is 9.88 Å². The van der Waals surface area contributed by atoms with Crippen LogP contribution in [0.25, 0.3) is 10.9 Å². The maximum Gasteiger partial charge on any atom is 0.254 e. The molecule has 0 aliphatic carbocycles. The zero-order valence-electron chi connectivity index (χ0n) is 18.7. The average Bonchev–Trinajstić information content (AvgIpc) is 2.79. The lowest BCUT2D eigenvalue weighted by Gasteiger charge is -2.37. The Morgan fingerprint density at radius 2 is 1.81 bits per heavy atom. The maximum absolute atomic E-state index is 13.3. The van der Waals surface area contributed by atoms with Crippen molar-refractivity contribution in [3.8, 4) is 11.5 Å². The molecule has 0 fully saturated rings. The Morgan fingerprint density at radius 1 is 1.10 bits per heavy atom. The number of pyridine rings is 1. The van der Waals surface area contributed by atoms with Gasteiger partial charge < -0.3 is 19.4 Å². The minimum Gasteiger partial charge on any atom is -0.493 e. The first kappa shape index (κ1) is 21.0. The van der Waals surface area contributed by atoms with Crippen molar-refractivity contribution in [3.63, 3.8) is 0 Å². The van der Waals surface area contributed by atoms with Crippen molar-refractivity contribution in [2.75, 3.05) is 20.8 Å². The number of aryl methyl sites for hydroxylation is 2. The number of carbonyl (C=O) groups excluding carboxylic acids is 1. The quantitative estimate of drug-likeness (QED) is 0.691. The molecule has 3 aromatic rings. The standard InChI is InChI=1S/C25H28N2O4/c1-6-22(28)27-10-9-16-12-20(30-4)21(31-5)13-18(16)24(27)19-11-17-8-7-14(2)15(3)23(17)26-25(19)29/h7-8,11-13,24H,6,9-10H2,1-5H3,(H,26,29). The molecule has 31 heavy (non-hydrogen) atoms. The second-order valence-electron chi connectivity index (χ2n) is 8.02. The highest BCUT2D eigenvalue weighted by Gasteiger charge is 2.34. The van der Waals surface area contributed by atoms with Gasteiger partial charge in [-0.2, -0.15) is 0 Å². The Labute approximate surface area is 181 Å². The number of aromatic nitrogens is 1. The Balaban J connectivity index is 1.98. The van der Waals surface area contributed by atoms with Gasteiger partial charge in [0.1, 0.15) is 0 Å². The van der Waals surface area contributed by atoms with Crippen LogP contribution in [0.1, 0.15) is 47.2 Å². The number of rotatable bonds is 4. The van der Waals surface area contributed by atoms with Gasteiger partial charge in [-0.05, 0) is 66.1 Å². The Bertz CT molecular complexity index is 1230. The highest BCUT2D eigenvalue weighted by molar-refractivity contribution is 5.84. The fraction of sp³-hybridized carbons (Fsp3) is 0.360. The predicted octanol–water partition coefficient (Wildman–Crippen LogP) is 4.05. The molecule has 162 valence electrons. The van der Waals surface area contributed by atoms with Gasteiger partial charge in [0.05, 0.1) is 25.8 Å². The summed E-state index contributed by atoms with van der Waals surface area (Å²) in [5.41, 5.74) is 5.36. The summed E-state index contributed by atoms with van der Waals surface area (Å²) in [6.07, 6.45) is 1.07. The Morgan fingerprint density at radius 3 is 2.48 bits per heavy atom. The third-order valence-electron chi connectivity index (χ3n) is 6.37. The molecule has 1 amide bonds. The number of nitrogens with one attached hydrogen (secondary N) is 1. The van der Waals surface area contributed by atoms with Gasteiger partial charge in [-0.15, -0.1) is 0 Å². The predicted molar refractivity (Wildman–Crippen MR) is 121 cm³/mol. The van der Waals surface area contributed by atoms with E-state index in [0.29, 0.717) is 36.4 Å². The molecule has 1 atom stereocenters. The van der Waals surface area contributed by atoms with Crippen LogP contribution in [0.5, 0.6) is 11.5 Å². The highest BCUT2D eigenvalue weighted by Crippen LogP contribution is 2.41. The average molecular weight is 421 g/mol. The molecule has 1 aliphatic heterocycles. The van der Waals surface area contributed by atoms with E-state index in [4.69, 9.17) is 9.47 Å². The van der Waals surface area contributed by atoms with Crippen molar-refractivity contribution < 1.29 is 14.3 Å². The van der Waals surface area contributed by atoms with Gasteiger partial charge >= 0.3 is 0 Å². The molecule has 0 radical (unpaired) electrons. The van der Waals surface area contributed by atoms with E-state index in [9.17, 15) is 9.59 Å². The number of H-pyrrole nitrogens is 1. The van der Waals surface area contributed by atoms with Gasteiger partial charge in [-0.3, -0.25) is 9.59 Å². The topological polar surface area (TPSA) is 71.6 Å². The summed E-state index contributed by atoms with van der Waals surface area (Å²) in [4.78, 5) is 31.0. The van der Waals surface area contributed by atoms with Crippen molar-refractivity contribution in [2.45, 2.75) is 39.7 Å². The lowest BCUT2D eigenvalue weighted by Crippen LogP contribution is -2.42. The number of hydrogen-bond donors (Lipinski definition) is 1. The summed E-state index contributed by atoms with van der Waals surface area (Å²) < 4.78 is 11.0. The first-order chi connectivity index (χ1) is 14.9. The summed E-state index contributed by atoms with van der Waals surface area (Å²) in [5, 5.41) is 0.953. The van der Waals surface area contributed by atoms with E-state index in [-0.39, 0.29) is 11.5 Å². The van der Waals surface area contributed by atoms with Crippen LogP contribution in [0.15, 0.2) is 35.1 Å². The fourth-order valence-electron chi connectivity index (χ4n) is 4.50. The first-order valence-electron chi connectivity index (χ1n) is 10.6. The summed E-state index contributed by atoms with van der Waals surface area (Å²) in [6.45, 7) is 6.43. The molecule has 2 heterocycles. The molecule has 1 unspecified atom stereocenters. The molecule has 4 rings (SSSR count). The minimum absolute atomic E-state index is 0.0185. The van der Waals surface area contributed by atoms with E-state index in [1.807, 2.05) is 49.9 Å². The van der Waals surface area contributed by atoms with Crippen molar-refractivity contribution in [1.29, 1.82) is 0 Å². The maximum atomic E-state index is 13.3. The lowest BCUT2D eigenvalue weighted by atomic mass is 9.87. The normalized spacial score (nSPS) is 15.6. The van der Waals surface area contributed by atoms with Gasteiger partial charge in [-0.25, -0.2) is 0 Å². The van der Waals surface area contributed by atoms with Crippen molar-refractivity contribution >= 4 is 16.8 Å². The smallest absolute Gasteiger partial charge is 0.254 e. The van der Waals surface area contributed by atoms with Gasteiger partial charge in [0.15, 0.2) is 11.5 Å².